The summed E-state index contributed by atoms with van der Waals surface area (Å²) in [4.78, 5) is 0. The van der Waals surface area contributed by atoms with E-state index in [1.807, 2.05) is 0 Å². The molecule has 0 N–H and O–H groups in total. The molecule has 1 aliphatic heterocycles. The largest absolute Gasteiger partial charge is 0.151 e. The molecule has 0 unspecified atom stereocenters. The lowest BCUT2D eigenvalue weighted by atomic mass is 9.93. The van der Waals surface area contributed by atoms with Gasteiger partial charge in [-0.25, -0.2) is 0 Å². The molecule has 0 aromatic carbocycles. The molecule has 2 heteroatoms. The van der Waals surface area contributed by atoms with E-state index < -0.39 is 0 Å². The van der Waals surface area contributed by atoms with Gasteiger partial charge in [0.2, 0.25) is 0 Å². The van der Waals surface area contributed by atoms with Crippen LogP contribution in [0.5, 0.6) is 0 Å². The summed E-state index contributed by atoms with van der Waals surface area (Å²) in [7, 11) is 0. The van der Waals surface area contributed by atoms with Gasteiger partial charge in [0.25, 0.3) is 0 Å². The van der Waals surface area contributed by atoms with Crippen LogP contribution >= 0.6 is 23.5 Å². The Balaban J connectivity index is 2.36. The van der Waals surface area contributed by atoms with Crippen LogP contribution in [-0.4, -0.2) is 16.6 Å². The van der Waals surface area contributed by atoms with Gasteiger partial charge in [-0.1, -0.05) is 13.8 Å². The van der Waals surface area contributed by atoms with Gasteiger partial charge < -0.3 is 0 Å². The zero-order valence-electron chi connectivity index (χ0n) is 6.14. The lowest BCUT2D eigenvalue weighted by Gasteiger charge is -2.19. The van der Waals surface area contributed by atoms with E-state index in [0.717, 1.165) is 0 Å². The van der Waals surface area contributed by atoms with Gasteiger partial charge in [-0.15, -0.1) is 0 Å². The maximum absolute atomic E-state index is 2.37. The molecule has 1 aliphatic rings. The minimum Gasteiger partial charge on any atom is -0.151 e. The van der Waals surface area contributed by atoms with E-state index in [-0.39, 0.29) is 0 Å². The van der Waals surface area contributed by atoms with Gasteiger partial charge in [0.1, 0.15) is 0 Å². The summed E-state index contributed by atoms with van der Waals surface area (Å²) in [6, 6.07) is 0. The van der Waals surface area contributed by atoms with Crippen LogP contribution in [-0.2, 0) is 0 Å². The minimum atomic E-state index is 0.605. The van der Waals surface area contributed by atoms with Crippen molar-refractivity contribution < 1.29 is 0 Å². The summed E-state index contributed by atoms with van der Waals surface area (Å²) < 4.78 is 0. The molecule has 1 heterocycles. The van der Waals surface area contributed by atoms with Gasteiger partial charge >= 0.3 is 0 Å². The van der Waals surface area contributed by atoms with Gasteiger partial charge in [-0.3, -0.25) is 0 Å². The third-order valence-electron chi connectivity index (χ3n) is 1.58. The maximum atomic E-state index is 2.37. The Morgan fingerprint density at radius 3 is 2.78 bits per heavy atom. The van der Waals surface area contributed by atoms with Crippen LogP contribution in [0, 0.1) is 5.41 Å². The Hall–Kier alpha value is 0.700. The number of hydrogen-bond donors (Lipinski definition) is 0. The van der Waals surface area contributed by atoms with Gasteiger partial charge in [0.15, 0.2) is 0 Å². The van der Waals surface area contributed by atoms with Crippen LogP contribution in [0.1, 0.15) is 20.3 Å². The third-order valence-corrected chi connectivity index (χ3v) is 4.39. The summed E-state index contributed by atoms with van der Waals surface area (Å²) in [5.74, 6) is 2.71. The van der Waals surface area contributed by atoms with E-state index in [9.17, 15) is 0 Å². The highest BCUT2D eigenvalue weighted by Gasteiger charge is 2.19. The fraction of sp³-hybridized carbons (Fsp3) is 1.00. The molecule has 0 radical (unpaired) electrons. The lowest BCUT2D eigenvalue weighted by Crippen LogP contribution is -2.13. The second kappa shape index (κ2) is 3.20. The Bertz CT molecular complexity index is 78.9. The van der Waals surface area contributed by atoms with Crippen molar-refractivity contribution >= 4 is 23.5 Å². The van der Waals surface area contributed by atoms with E-state index in [0.29, 0.717) is 5.41 Å². The molecule has 0 spiro atoms. The van der Waals surface area contributed by atoms with Crippen molar-refractivity contribution in [3.63, 3.8) is 0 Å². The molecule has 0 aromatic rings. The lowest BCUT2D eigenvalue weighted by molar-refractivity contribution is 0.413. The van der Waals surface area contributed by atoms with Crippen LogP contribution in [0.15, 0.2) is 0 Å². The van der Waals surface area contributed by atoms with Gasteiger partial charge in [0, 0.05) is 5.08 Å². The summed E-state index contributed by atoms with van der Waals surface area (Å²) in [6.07, 6.45) is 1.39. The molecule has 0 aromatic heterocycles. The van der Waals surface area contributed by atoms with E-state index in [1.54, 1.807) is 0 Å². The molecule has 0 saturated carbocycles. The van der Waals surface area contributed by atoms with E-state index >= 15 is 0 Å². The SMILES string of the molecule is CC1(C)CCSCSC1. The Morgan fingerprint density at radius 1 is 1.22 bits per heavy atom. The molecule has 0 atom stereocenters. The molecule has 0 amide bonds. The van der Waals surface area contributed by atoms with Crippen LogP contribution < -0.4 is 0 Å². The first-order valence-electron chi connectivity index (χ1n) is 3.36. The van der Waals surface area contributed by atoms with E-state index in [2.05, 4.69) is 37.4 Å². The average Bonchev–Trinajstić information content (AvgIpc) is 1.92. The Labute approximate surface area is 66.2 Å². The summed E-state index contributed by atoms with van der Waals surface area (Å²) in [6.45, 7) is 4.73. The van der Waals surface area contributed by atoms with E-state index in [4.69, 9.17) is 0 Å². The highest BCUT2D eigenvalue weighted by Crippen LogP contribution is 2.33. The molecule has 1 rings (SSSR count). The van der Waals surface area contributed by atoms with Crippen molar-refractivity contribution in [1.29, 1.82) is 0 Å². The first kappa shape index (κ1) is 7.80. The third kappa shape index (κ3) is 2.85. The molecule has 1 saturated heterocycles. The standard InChI is InChI=1S/C7H14S2/c1-7(2)3-4-8-6-9-5-7/h3-6H2,1-2H3. The highest BCUT2D eigenvalue weighted by molar-refractivity contribution is 8.16. The fourth-order valence-electron chi connectivity index (χ4n) is 0.856. The normalized spacial score (nSPS) is 27.3. The van der Waals surface area contributed by atoms with Crippen molar-refractivity contribution in [2.75, 3.05) is 16.6 Å². The topological polar surface area (TPSA) is 0 Å². The number of rotatable bonds is 0. The monoisotopic (exact) mass is 162 g/mol. The van der Waals surface area contributed by atoms with Crippen molar-refractivity contribution in [2.45, 2.75) is 20.3 Å². The summed E-state index contributed by atoms with van der Waals surface area (Å²) in [5.41, 5.74) is 0.605. The van der Waals surface area contributed by atoms with Crippen molar-refractivity contribution in [1.82, 2.24) is 0 Å². The summed E-state index contributed by atoms with van der Waals surface area (Å²) >= 11 is 4.17. The Kier molecular flexibility index (Phi) is 2.77. The molecule has 0 nitrogen and oxygen atoms in total. The maximum Gasteiger partial charge on any atom is 0.0392 e. The predicted octanol–water partition coefficient (Wildman–Crippen LogP) is 2.84. The molecule has 0 bridgehead atoms. The quantitative estimate of drug-likeness (QED) is 0.537. The van der Waals surface area contributed by atoms with Crippen molar-refractivity contribution in [2.24, 2.45) is 5.41 Å². The molecule has 9 heavy (non-hydrogen) atoms. The minimum absolute atomic E-state index is 0.605. The zero-order chi connectivity index (χ0) is 6.74. The van der Waals surface area contributed by atoms with Gasteiger partial charge in [-0.2, -0.15) is 23.5 Å². The highest BCUT2D eigenvalue weighted by atomic mass is 32.2. The first-order chi connectivity index (χ1) is 4.21. The molecular formula is C7H14S2. The van der Waals surface area contributed by atoms with Gasteiger partial charge in [-0.05, 0) is 23.3 Å². The van der Waals surface area contributed by atoms with E-state index in [1.165, 1.54) is 23.0 Å². The molecule has 54 valence electrons. The first-order valence-corrected chi connectivity index (χ1v) is 5.67. The number of hydrogen-bond acceptors (Lipinski definition) is 2. The smallest absolute Gasteiger partial charge is 0.0392 e. The Morgan fingerprint density at radius 2 is 2.00 bits per heavy atom. The fourth-order valence-corrected chi connectivity index (χ4v) is 3.53. The van der Waals surface area contributed by atoms with Crippen LogP contribution in [0.4, 0.5) is 0 Å². The number of thioether (sulfide) groups is 2. The van der Waals surface area contributed by atoms with Crippen molar-refractivity contribution in [3.05, 3.63) is 0 Å². The molecule has 0 aliphatic carbocycles. The molecule has 1 fully saturated rings. The average molecular weight is 162 g/mol. The second-order valence-electron chi connectivity index (χ2n) is 3.29. The van der Waals surface area contributed by atoms with Crippen LogP contribution in [0.2, 0.25) is 0 Å². The van der Waals surface area contributed by atoms with Crippen LogP contribution in [0.25, 0.3) is 0 Å². The molecular weight excluding hydrogens is 148 g/mol. The second-order valence-corrected chi connectivity index (χ2v) is 5.75. The zero-order valence-corrected chi connectivity index (χ0v) is 7.78. The van der Waals surface area contributed by atoms with Gasteiger partial charge in [0.05, 0.1) is 0 Å². The van der Waals surface area contributed by atoms with Crippen molar-refractivity contribution in [3.8, 4) is 0 Å². The summed E-state index contributed by atoms with van der Waals surface area (Å²) in [5, 5.41) is 1.31. The van der Waals surface area contributed by atoms with Crippen LogP contribution in [0.3, 0.4) is 0 Å². The predicted molar refractivity (Wildman–Crippen MR) is 48.2 cm³/mol.